The Hall–Kier alpha value is -3.32. The van der Waals surface area contributed by atoms with Gasteiger partial charge >= 0.3 is 12.1 Å². The third-order valence-corrected chi connectivity index (χ3v) is 6.28. The largest absolute Gasteiger partial charge is 0.497 e. The highest BCUT2D eigenvalue weighted by Crippen LogP contribution is 2.44. The van der Waals surface area contributed by atoms with Gasteiger partial charge in [0.15, 0.2) is 0 Å². The van der Waals surface area contributed by atoms with E-state index in [1.54, 1.807) is 25.3 Å². The van der Waals surface area contributed by atoms with E-state index >= 15 is 0 Å². The Kier molecular flexibility index (Phi) is 6.46. The van der Waals surface area contributed by atoms with E-state index in [0.29, 0.717) is 15.8 Å². The lowest BCUT2D eigenvalue weighted by atomic mass is 9.98. The summed E-state index contributed by atoms with van der Waals surface area (Å²) in [5.74, 6) is -0.480. The molecule has 0 aromatic heterocycles. The number of aliphatic carboxylic acids is 1. The third-order valence-electron chi connectivity index (χ3n) is 5.60. The van der Waals surface area contributed by atoms with Crippen molar-refractivity contribution in [3.8, 4) is 16.9 Å². The molecule has 6 nitrogen and oxygen atoms in total. The van der Waals surface area contributed by atoms with Crippen molar-refractivity contribution in [1.82, 2.24) is 5.32 Å². The lowest BCUT2D eigenvalue weighted by Gasteiger charge is -2.20. The highest BCUT2D eigenvalue weighted by Gasteiger charge is 2.29. The molecule has 3 aromatic rings. The number of carbonyl (C=O) groups excluding carboxylic acids is 1. The van der Waals surface area contributed by atoms with Crippen molar-refractivity contribution >= 4 is 28.0 Å². The second-order valence-electron chi connectivity index (χ2n) is 7.51. The maximum Gasteiger partial charge on any atom is 0.407 e. The first kappa shape index (κ1) is 21.9. The molecule has 0 fully saturated rings. The number of nitrogens with one attached hydrogen (secondary N) is 1. The van der Waals surface area contributed by atoms with Gasteiger partial charge in [-0.15, -0.1) is 0 Å². The van der Waals surface area contributed by atoms with Crippen LogP contribution in [-0.4, -0.2) is 30.9 Å². The van der Waals surface area contributed by atoms with Crippen LogP contribution < -0.4 is 10.1 Å². The molecule has 0 radical (unpaired) electrons. The van der Waals surface area contributed by atoms with Crippen molar-refractivity contribution in [2.45, 2.75) is 18.4 Å². The average Bonchev–Trinajstić information content (AvgIpc) is 3.10. The maximum atomic E-state index is 12.7. The zero-order valence-electron chi connectivity index (χ0n) is 17.4. The molecule has 0 unspecified atom stereocenters. The predicted octanol–water partition coefficient (Wildman–Crippen LogP) is 5.51. The third kappa shape index (κ3) is 4.48. The van der Waals surface area contributed by atoms with Gasteiger partial charge in [-0.1, -0.05) is 70.5 Å². The summed E-state index contributed by atoms with van der Waals surface area (Å²) in [7, 11) is 1.55. The zero-order chi connectivity index (χ0) is 22.7. The molecule has 2 N–H and O–H groups in total. The van der Waals surface area contributed by atoms with Crippen molar-refractivity contribution in [1.29, 1.82) is 0 Å². The number of halogens is 1. The molecule has 0 bridgehead atoms. The Morgan fingerprint density at radius 1 is 1.03 bits per heavy atom. The summed E-state index contributed by atoms with van der Waals surface area (Å²) in [5, 5.41) is 12.0. The summed E-state index contributed by atoms with van der Waals surface area (Å²) in [6, 6.07) is 20.6. The molecular formula is C25H22BrNO5. The lowest BCUT2D eigenvalue weighted by molar-refractivity contribution is -0.137. The fourth-order valence-corrected chi connectivity index (χ4v) is 4.75. The molecule has 4 rings (SSSR count). The normalized spacial score (nSPS) is 13.1. The zero-order valence-corrected chi connectivity index (χ0v) is 19.0. The number of carboxylic acid groups (broad SMARTS) is 1. The molecule has 0 aliphatic heterocycles. The molecular weight excluding hydrogens is 474 g/mol. The minimum atomic E-state index is -1.03. The van der Waals surface area contributed by atoms with Crippen molar-refractivity contribution < 1.29 is 24.2 Å². The molecule has 1 atom stereocenters. The van der Waals surface area contributed by atoms with Crippen LogP contribution in [0.4, 0.5) is 4.79 Å². The first-order chi connectivity index (χ1) is 15.5. The lowest BCUT2D eigenvalue weighted by Crippen LogP contribution is -2.32. The van der Waals surface area contributed by atoms with Crippen LogP contribution in [0.5, 0.6) is 5.75 Å². The molecule has 0 saturated heterocycles. The van der Waals surface area contributed by atoms with Crippen LogP contribution in [0.1, 0.15) is 35.1 Å². The number of hydrogen-bond donors (Lipinski definition) is 2. The molecule has 3 aromatic carbocycles. The minimum absolute atomic E-state index is 0.0706. The highest BCUT2D eigenvalue weighted by atomic mass is 79.9. The quantitative estimate of drug-likeness (QED) is 0.451. The SMILES string of the molecule is COc1ccc([C@H](CC(=O)O)NC(=O)OCC2c3ccccc3-c3ccccc32)c(Br)c1. The van der Waals surface area contributed by atoms with E-state index in [4.69, 9.17) is 9.47 Å². The second-order valence-corrected chi connectivity index (χ2v) is 8.36. The molecule has 1 aliphatic carbocycles. The second kappa shape index (κ2) is 9.44. The van der Waals surface area contributed by atoms with E-state index in [-0.39, 0.29) is 18.9 Å². The molecule has 1 aliphatic rings. The average molecular weight is 496 g/mol. The number of amides is 1. The van der Waals surface area contributed by atoms with Crippen LogP contribution >= 0.6 is 15.9 Å². The first-order valence-electron chi connectivity index (χ1n) is 10.1. The van der Waals surface area contributed by atoms with Gasteiger partial charge in [0, 0.05) is 10.4 Å². The van der Waals surface area contributed by atoms with Crippen molar-refractivity contribution in [2.24, 2.45) is 0 Å². The summed E-state index contributed by atoms with van der Waals surface area (Å²) in [4.78, 5) is 24.1. The molecule has 7 heteroatoms. The van der Waals surface area contributed by atoms with Crippen LogP contribution in [0.15, 0.2) is 71.2 Å². The van der Waals surface area contributed by atoms with Crippen molar-refractivity contribution in [3.63, 3.8) is 0 Å². The molecule has 0 saturated carbocycles. The minimum Gasteiger partial charge on any atom is -0.497 e. The van der Waals surface area contributed by atoms with Crippen LogP contribution in [0, 0.1) is 0 Å². The van der Waals surface area contributed by atoms with Gasteiger partial charge in [-0.25, -0.2) is 4.79 Å². The molecule has 32 heavy (non-hydrogen) atoms. The number of hydrogen-bond acceptors (Lipinski definition) is 4. The fraction of sp³-hybridized carbons (Fsp3) is 0.200. The number of carbonyl (C=O) groups is 2. The van der Waals surface area contributed by atoms with E-state index in [0.717, 1.165) is 22.3 Å². The number of benzene rings is 3. The number of alkyl carbamates (subject to hydrolysis) is 1. The van der Waals surface area contributed by atoms with Crippen LogP contribution in [-0.2, 0) is 9.53 Å². The van der Waals surface area contributed by atoms with E-state index in [9.17, 15) is 14.7 Å². The van der Waals surface area contributed by atoms with Gasteiger partial charge in [0.05, 0.1) is 19.6 Å². The van der Waals surface area contributed by atoms with Gasteiger partial charge in [-0.2, -0.15) is 0 Å². The summed E-state index contributed by atoms with van der Waals surface area (Å²) < 4.78 is 11.4. The summed E-state index contributed by atoms with van der Waals surface area (Å²) >= 11 is 3.43. The van der Waals surface area contributed by atoms with Gasteiger partial charge in [0.1, 0.15) is 12.4 Å². The van der Waals surface area contributed by atoms with Crippen molar-refractivity contribution in [3.05, 3.63) is 87.9 Å². The molecule has 0 spiro atoms. The van der Waals surface area contributed by atoms with E-state index in [2.05, 4.69) is 33.4 Å². The molecule has 1 amide bonds. The fourth-order valence-electron chi connectivity index (χ4n) is 4.11. The predicted molar refractivity (Wildman–Crippen MR) is 124 cm³/mol. The van der Waals surface area contributed by atoms with Crippen LogP contribution in [0.25, 0.3) is 11.1 Å². The Bertz CT molecular complexity index is 1120. The van der Waals surface area contributed by atoms with E-state index in [1.807, 2.05) is 36.4 Å². The number of rotatable bonds is 7. The number of fused-ring (bicyclic) bond motifs is 3. The van der Waals surface area contributed by atoms with Crippen LogP contribution in [0.3, 0.4) is 0 Å². The van der Waals surface area contributed by atoms with Gasteiger partial charge in [0.2, 0.25) is 0 Å². The van der Waals surface area contributed by atoms with Crippen LogP contribution in [0.2, 0.25) is 0 Å². The van der Waals surface area contributed by atoms with Gasteiger partial charge in [-0.3, -0.25) is 4.79 Å². The Morgan fingerprint density at radius 2 is 1.66 bits per heavy atom. The summed E-state index contributed by atoms with van der Waals surface area (Å²) in [6.45, 7) is 0.156. The Balaban J connectivity index is 1.49. The summed E-state index contributed by atoms with van der Waals surface area (Å²) in [6.07, 6.45) is -0.949. The van der Waals surface area contributed by atoms with Gasteiger partial charge in [0.25, 0.3) is 0 Å². The first-order valence-corrected chi connectivity index (χ1v) is 10.9. The topological polar surface area (TPSA) is 84.9 Å². The molecule has 164 valence electrons. The van der Waals surface area contributed by atoms with Crippen molar-refractivity contribution in [2.75, 3.05) is 13.7 Å². The standard InChI is InChI=1S/C25H22BrNO5/c1-31-15-10-11-20(22(26)12-15)23(13-24(28)29)27-25(30)32-14-21-18-8-4-2-6-16(18)17-7-3-5-9-19(17)21/h2-12,21,23H,13-14H2,1H3,(H,27,30)(H,28,29)/t23-/m0/s1. The molecule has 0 heterocycles. The smallest absolute Gasteiger partial charge is 0.407 e. The highest BCUT2D eigenvalue weighted by molar-refractivity contribution is 9.10. The van der Waals surface area contributed by atoms with Gasteiger partial charge in [-0.05, 0) is 39.9 Å². The summed E-state index contributed by atoms with van der Waals surface area (Å²) in [5.41, 5.74) is 5.13. The maximum absolute atomic E-state index is 12.7. The number of ether oxygens (including phenoxy) is 2. The number of carboxylic acids is 1. The van der Waals surface area contributed by atoms with E-state index < -0.39 is 18.1 Å². The Morgan fingerprint density at radius 3 is 2.22 bits per heavy atom. The number of methoxy groups -OCH3 is 1. The Labute approximate surface area is 194 Å². The monoisotopic (exact) mass is 495 g/mol. The van der Waals surface area contributed by atoms with E-state index in [1.165, 1.54) is 0 Å². The van der Waals surface area contributed by atoms with Gasteiger partial charge < -0.3 is 19.9 Å².